The molecule has 0 aromatic heterocycles. The third kappa shape index (κ3) is 3.43. The highest BCUT2D eigenvalue weighted by atomic mass is 16.6. The van der Waals surface area contributed by atoms with Crippen molar-refractivity contribution in [3.63, 3.8) is 0 Å². The van der Waals surface area contributed by atoms with Gasteiger partial charge in [-0.1, -0.05) is 39.3 Å². The first-order chi connectivity index (χ1) is 16.7. The molecule has 6 atom stereocenters. The number of hydrogen-bond acceptors (Lipinski definition) is 9. The summed E-state index contributed by atoms with van der Waals surface area (Å²) < 4.78 is 10.5. The van der Waals surface area contributed by atoms with Crippen LogP contribution >= 0.6 is 0 Å². The minimum Gasteiger partial charge on any atom is -0.504 e. The zero-order chi connectivity index (χ0) is 26.8. The maximum Gasteiger partial charge on any atom is 0.320 e. The molecule has 0 radical (unpaired) electrons. The number of ketones is 2. The summed E-state index contributed by atoms with van der Waals surface area (Å²) in [5.41, 5.74) is -5.43. The molecule has 6 unspecified atom stereocenters. The molecule has 0 heterocycles. The minimum absolute atomic E-state index is 0.00652. The van der Waals surface area contributed by atoms with Crippen LogP contribution in [-0.4, -0.2) is 69.0 Å². The Morgan fingerprint density at radius 3 is 2.42 bits per heavy atom. The van der Waals surface area contributed by atoms with Gasteiger partial charge in [0.15, 0.2) is 11.9 Å². The lowest BCUT2D eigenvalue weighted by Gasteiger charge is -2.58. The third-order valence-corrected chi connectivity index (χ3v) is 8.58. The van der Waals surface area contributed by atoms with Crippen molar-refractivity contribution in [2.24, 2.45) is 16.2 Å². The maximum atomic E-state index is 14.1. The van der Waals surface area contributed by atoms with E-state index in [0.29, 0.717) is 19.3 Å². The summed E-state index contributed by atoms with van der Waals surface area (Å²) in [6, 6.07) is 0. The standard InChI is InChI=1S/C27H34O9/c1-6-25(4)10-11-27(34)14(13-25)17(29)20(32)22-24(2,3)8-7-9-26(22,27)23(33)36-21-15(28)12-16(35-5)18(30)19(21)31/h6,12-13,18-19,21,30-32,34H,1,7-11H2,2-5H3. The van der Waals surface area contributed by atoms with Crippen molar-refractivity contribution in [3.05, 3.63) is 47.5 Å². The summed E-state index contributed by atoms with van der Waals surface area (Å²) in [5.74, 6) is -3.37. The number of carbonyl (C=O) groups excluding carboxylic acids is 3. The molecule has 196 valence electrons. The van der Waals surface area contributed by atoms with Crippen LogP contribution in [0.3, 0.4) is 0 Å². The Kier molecular flexibility index (Phi) is 6.14. The van der Waals surface area contributed by atoms with Gasteiger partial charge in [-0.2, -0.15) is 0 Å². The Morgan fingerprint density at radius 2 is 1.81 bits per heavy atom. The average Bonchev–Trinajstić information content (AvgIpc) is 2.83. The van der Waals surface area contributed by atoms with Crippen LogP contribution in [0.25, 0.3) is 0 Å². The highest BCUT2D eigenvalue weighted by Gasteiger charge is 2.70. The lowest BCUT2D eigenvalue weighted by atomic mass is 9.46. The van der Waals surface area contributed by atoms with Crippen LogP contribution in [-0.2, 0) is 23.9 Å². The van der Waals surface area contributed by atoms with E-state index in [9.17, 15) is 34.8 Å². The molecule has 0 bridgehead atoms. The second-order valence-corrected chi connectivity index (χ2v) is 11.2. The van der Waals surface area contributed by atoms with E-state index in [4.69, 9.17) is 9.47 Å². The zero-order valence-corrected chi connectivity index (χ0v) is 21.0. The number of Topliss-reactive ketones (excluding diaryl/α,β-unsaturated/α-hetero) is 1. The highest BCUT2D eigenvalue weighted by molar-refractivity contribution is 6.13. The number of aliphatic hydroxyl groups excluding tert-OH is 3. The molecule has 4 aliphatic rings. The second-order valence-electron chi connectivity index (χ2n) is 11.2. The van der Waals surface area contributed by atoms with Gasteiger partial charge in [-0.15, -0.1) is 6.58 Å². The van der Waals surface area contributed by atoms with Crippen LogP contribution < -0.4 is 0 Å². The molecule has 4 aliphatic carbocycles. The summed E-state index contributed by atoms with van der Waals surface area (Å²) in [5, 5.41) is 44.3. The molecule has 0 aromatic carbocycles. The average molecular weight is 503 g/mol. The molecule has 1 fully saturated rings. The smallest absolute Gasteiger partial charge is 0.320 e. The monoisotopic (exact) mass is 502 g/mol. The van der Waals surface area contributed by atoms with Gasteiger partial charge in [0.05, 0.1) is 7.11 Å². The fourth-order valence-corrected chi connectivity index (χ4v) is 6.47. The molecular formula is C27H34O9. The second kappa shape index (κ2) is 8.39. The molecule has 0 saturated heterocycles. The number of carbonyl (C=O) groups is 3. The van der Waals surface area contributed by atoms with Crippen molar-refractivity contribution < 1.29 is 44.3 Å². The van der Waals surface area contributed by atoms with Crippen molar-refractivity contribution in [3.8, 4) is 0 Å². The van der Waals surface area contributed by atoms with Crippen LogP contribution in [0.5, 0.6) is 0 Å². The van der Waals surface area contributed by atoms with E-state index in [1.807, 2.05) is 6.92 Å². The molecule has 0 spiro atoms. The van der Waals surface area contributed by atoms with Gasteiger partial charge >= 0.3 is 5.97 Å². The SMILES string of the molecule is C=CC1(C)C=C2C(=O)C(O)=C3C(C)(C)CCCC3(C(=O)OC3C(=O)C=C(OC)C(O)C3O)C2(O)CC1. The Labute approximate surface area is 209 Å². The van der Waals surface area contributed by atoms with E-state index in [2.05, 4.69) is 6.58 Å². The maximum absolute atomic E-state index is 14.1. The number of esters is 1. The lowest BCUT2D eigenvalue weighted by molar-refractivity contribution is -0.191. The van der Waals surface area contributed by atoms with Crippen LogP contribution in [0.2, 0.25) is 0 Å². The van der Waals surface area contributed by atoms with Gasteiger partial charge < -0.3 is 29.9 Å². The number of methoxy groups -OCH3 is 1. The van der Waals surface area contributed by atoms with Crippen molar-refractivity contribution in [2.45, 2.75) is 76.8 Å². The van der Waals surface area contributed by atoms with Crippen LogP contribution in [0, 0.1) is 16.2 Å². The Hall–Kier alpha value is -2.75. The van der Waals surface area contributed by atoms with E-state index in [-0.39, 0.29) is 29.7 Å². The first kappa shape index (κ1) is 26.3. The van der Waals surface area contributed by atoms with Crippen molar-refractivity contribution in [1.29, 1.82) is 0 Å². The van der Waals surface area contributed by atoms with Gasteiger partial charge in [0.25, 0.3) is 0 Å². The summed E-state index contributed by atoms with van der Waals surface area (Å²) in [4.78, 5) is 40.3. The minimum atomic E-state index is -2.02. The largest absolute Gasteiger partial charge is 0.504 e. The predicted octanol–water partition coefficient (Wildman–Crippen LogP) is 1.97. The summed E-state index contributed by atoms with van der Waals surface area (Å²) in [6.45, 7) is 9.22. The normalized spacial score (nSPS) is 39.9. The molecule has 9 nitrogen and oxygen atoms in total. The van der Waals surface area contributed by atoms with Gasteiger partial charge in [0.1, 0.15) is 29.0 Å². The van der Waals surface area contributed by atoms with Crippen LogP contribution in [0.4, 0.5) is 0 Å². The highest BCUT2D eigenvalue weighted by Crippen LogP contribution is 2.64. The molecule has 4 N–H and O–H groups in total. The Balaban J connectivity index is 1.90. The van der Waals surface area contributed by atoms with E-state index in [0.717, 1.165) is 6.08 Å². The molecule has 36 heavy (non-hydrogen) atoms. The number of aliphatic hydroxyl groups is 4. The molecule has 0 amide bonds. The first-order valence-electron chi connectivity index (χ1n) is 12.1. The van der Waals surface area contributed by atoms with E-state index in [1.54, 1.807) is 26.0 Å². The van der Waals surface area contributed by atoms with Gasteiger partial charge in [-0.25, -0.2) is 0 Å². The third-order valence-electron chi connectivity index (χ3n) is 8.58. The first-order valence-corrected chi connectivity index (χ1v) is 12.1. The molecular weight excluding hydrogens is 468 g/mol. The van der Waals surface area contributed by atoms with E-state index >= 15 is 0 Å². The summed E-state index contributed by atoms with van der Waals surface area (Å²) in [7, 11) is 1.23. The van der Waals surface area contributed by atoms with E-state index < -0.39 is 63.5 Å². The molecule has 0 aliphatic heterocycles. The number of allylic oxidation sites excluding steroid dienone is 3. The van der Waals surface area contributed by atoms with E-state index in [1.165, 1.54) is 7.11 Å². The van der Waals surface area contributed by atoms with Gasteiger partial charge in [-0.3, -0.25) is 14.4 Å². The van der Waals surface area contributed by atoms with Gasteiger partial charge in [0.2, 0.25) is 11.6 Å². The Morgan fingerprint density at radius 1 is 1.14 bits per heavy atom. The molecule has 9 heteroatoms. The summed E-state index contributed by atoms with van der Waals surface area (Å²) >= 11 is 0. The van der Waals surface area contributed by atoms with Crippen LogP contribution in [0.1, 0.15) is 52.9 Å². The van der Waals surface area contributed by atoms with Gasteiger partial charge in [0, 0.05) is 22.6 Å². The number of fused-ring (bicyclic) bond motifs is 3. The summed E-state index contributed by atoms with van der Waals surface area (Å²) in [6.07, 6.45) is 0.422. The topological polar surface area (TPSA) is 151 Å². The van der Waals surface area contributed by atoms with Crippen molar-refractivity contribution in [1.82, 2.24) is 0 Å². The Bertz CT molecular complexity index is 1130. The van der Waals surface area contributed by atoms with Crippen LogP contribution in [0.15, 0.2) is 47.5 Å². The number of ether oxygens (including phenoxy) is 2. The zero-order valence-electron chi connectivity index (χ0n) is 21.0. The quantitative estimate of drug-likeness (QED) is 0.334. The fraction of sp³-hybridized carbons (Fsp3) is 0.593. The molecule has 4 rings (SSSR count). The number of rotatable bonds is 4. The van der Waals surface area contributed by atoms with Crippen molar-refractivity contribution >= 4 is 17.5 Å². The predicted molar refractivity (Wildman–Crippen MR) is 127 cm³/mol. The van der Waals surface area contributed by atoms with Gasteiger partial charge in [-0.05, 0) is 31.1 Å². The molecule has 0 aromatic rings. The molecule has 1 saturated carbocycles. The lowest BCUT2D eigenvalue weighted by Crippen LogP contribution is -2.65. The number of hydrogen-bond donors (Lipinski definition) is 4. The van der Waals surface area contributed by atoms with Crippen molar-refractivity contribution in [2.75, 3.05) is 7.11 Å². The fourth-order valence-electron chi connectivity index (χ4n) is 6.47.